The van der Waals surface area contributed by atoms with Gasteiger partial charge in [-0.3, -0.25) is 0 Å². The predicted molar refractivity (Wildman–Crippen MR) is 50.5 cm³/mol. The Morgan fingerprint density at radius 3 is 2.87 bits per heavy atom. The van der Waals surface area contributed by atoms with Crippen molar-refractivity contribution in [2.75, 3.05) is 5.73 Å². The molecule has 7 nitrogen and oxygen atoms in total. The second kappa shape index (κ2) is 3.37. The second-order valence-electron chi connectivity index (χ2n) is 2.73. The van der Waals surface area contributed by atoms with Crippen molar-refractivity contribution < 1.29 is 9.90 Å². The minimum atomic E-state index is -1.12. The molecule has 0 bridgehead atoms. The van der Waals surface area contributed by atoms with Crippen molar-refractivity contribution in [1.82, 2.24) is 19.7 Å². The van der Waals surface area contributed by atoms with Crippen LogP contribution in [0.5, 0.6) is 0 Å². The summed E-state index contributed by atoms with van der Waals surface area (Å²) in [6.45, 7) is 0. The van der Waals surface area contributed by atoms with Gasteiger partial charge in [-0.1, -0.05) is 0 Å². The number of aromatic nitrogens is 4. The molecule has 0 atom stereocenters. The fourth-order valence-electron chi connectivity index (χ4n) is 1.11. The highest BCUT2D eigenvalue weighted by molar-refractivity contribution is 5.92. The standard InChI is InChI=1S/C8H7N5O2/c9-7-5(8(14)15)3-12-13(7)6-1-2-10-4-11-6/h1-4H,9H2,(H,14,15). The molecule has 0 spiro atoms. The zero-order chi connectivity index (χ0) is 10.8. The predicted octanol–water partition coefficient (Wildman–Crippen LogP) is -0.0573. The minimum Gasteiger partial charge on any atom is -0.477 e. The summed E-state index contributed by atoms with van der Waals surface area (Å²) in [4.78, 5) is 18.3. The first-order valence-corrected chi connectivity index (χ1v) is 4.03. The number of nitrogens with zero attached hydrogens (tertiary/aromatic N) is 4. The summed E-state index contributed by atoms with van der Waals surface area (Å²) in [5, 5.41) is 12.6. The molecule has 0 amide bonds. The molecule has 0 aromatic carbocycles. The van der Waals surface area contributed by atoms with Crippen LogP contribution < -0.4 is 5.73 Å². The average molecular weight is 205 g/mol. The topological polar surface area (TPSA) is 107 Å². The summed E-state index contributed by atoms with van der Waals surface area (Å²) in [6, 6.07) is 1.58. The summed E-state index contributed by atoms with van der Waals surface area (Å²) in [7, 11) is 0. The van der Waals surface area contributed by atoms with Crippen LogP contribution in [0, 0.1) is 0 Å². The molecular weight excluding hydrogens is 198 g/mol. The normalized spacial score (nSPS) is 10.1. The molecule has 0 aliphatic rings. The molecule has 0 aliphatic carbocycles. The Labute approximate surface area is 84.2 Å². The fourth-order valence-corrected chi connectivity index (χ4v) is 1.11. The molecule has 2 rings (SSSR count). The molecule has 0 saturated carbocycles. The zero-order valence-corrected chi connectivity index (χ0v) is 7.53. The Hall–Kier alpha value is -2.44. The Balaban J connectivity index is 2.52. The first-order chi connectivity index (χ1) is 7.20. The summed E-state index contributed by atoms with van der Waals surface area (Å²) in [5.41, 5.74) is 5.55. The Morgan fingerprint density at radius 2 is 2.33 bits per heavy atom. The lowest BCUT2D eigenvalue weighted by molar-refractivity contribution is 0.0698. The molecule has 0 aliphatic heterocycles. The van der Waals surface area contributed by atoms with Crippen molar-refractivity contribution in [2.24, 2.45) is 0 Å². The van der Waals surface area contributed by atoms with Gasteiger partial charge in [0.15, 0.2) is 5.82 Å². The highest BCUT2D eigenvalue weighted by Crippen LogP contribution is 2.14. The lowest BCUT2D eigenvalue weighted by Gasteiger charge is -2.01. The highest BCUT2D eigenvalue weighted by Gasteiger charge is 2.14. The highest BCUT2D eigenvalue weighted by atomic mass is 16.4. The molecule has 3 N–H and O–H groups in total. The number of carboxylic acids is 1. The molecule has 0 radical (unpaired) electrons. The van der Waals surface area contributed by atoms with E-state index in [9.17, 15) is 4.79 Å². The number of hydrogen-bond donors (Lipinski definition) is 2. The van der Waals surface area contributed by atoms with Gasteiger partial charge in [0.2, 0.25) is 0 Å². The van der Waals surface area contributed by atoms with Gasteiger partial charge in [-0.25, -0.2) is 14.8 Å². The first-order valence-electron chi connectivity index (χ1n) is 4.03. The molecule has 2 aromatic heterocycles. The number of nitrogens with two attached hydrogens (primary N) is 1. The van der Waals surface area contributed by atoms with Crippen molar-refractivity contribution in [3.8, 4) is 5.82 Å². The summed E-state index contributed by atoms with van der Waals surface area (Å²) in [6.07, 6.45) is 4.03. The van der Waals surface area contributed by atoms with Gasteiger partial charge in [-0.05, 0) is 0 Å². The number of rotatable bonds is 2. The van der Waals surface area contributed by atoms with E-state index in [2.05, 4.69) is 15.1 Å². The van der Waals surface area contributed by atoms with Crippen LogP contribution in [0.25, 0.3) is 5.82 Å². The average Bonchev–Trinajstić information content (AvgIpc) is 2.61. The van der Waals surface area contributed by atoms with Crippen molar-refractivity contribution in [3.63, 3.8) is 0 Å². The van der Waals surface area contributed by atoms with E-state index in [0.29, 0.717) is 5.82 Å². The van der Waals surface area contributed by atoms with E-state index in [1.807, 2.05) is 0 Å². The summed E-state index contributed by atoms with van der Waals surface area (Å²) in [5.74, 6) is -0.649. The number of hydrogen-bond acceptors (Lipinski definition) is 5. The maximum atomic E-state index is 10.7. The van der Waals surface area contributed by atoms with Crippen LogP contribution in [0.15, 0.2) is 24.8 Å². The van der Waals surface area contributed by atoms with Crippen LogP contribution in [0.2, 0.25) is 0 Å². The second-order valence-corrected chi connectivity index (χ2v) is 2.73. The molecular formula is C8H7N5O2. The number of aromatic carboxylic acids is 1. The van der Waals surface area contributed by atoms with Crippen molar-refractivity contribution >= 4 is 11.8 Å². The van der Waals surface area contributed by atoms with Crippen LogP contribution in [0.1, 0.15) is 10.4 Å². The SMILES string of the molecule is Nc1c(C(=O)O)cnn1-c1ccncn1. The van der Waals surface area contributed by atoms with E-state index in [1.165, 1.54) is 23.4 Å². The van der Waals surface area contributed by atoms with E-state index in [4.69, 9.17) is 10.8 Å². The number of carbonyl (C=O) groups is 1. The smallest absolute Gasteiger partial charge is 0.341 e. The summed E-state index contributed by atoms with van der Waals surface area (Å²) < 4.78 is 1.24. The fraction of sp³-hybridized carbons (Fsp3) is 0. The lowest BCUT2D eigenvalue weighted by Crippen LogP contribution is -2.06. The van der Waals surface area contributed by atoms with Gasteiger partial charge in [0.1, 0.15) is 17.7 Å². The van der Waals surface area contributed by atoms with Crippen LogP contribution in [-0.2, 0) is 0 Å². The number of carboxylic acid groups (broad SMARTS) is 1. The van der Waals surface area contributed by atoms with Gasteiger partial charge in [0.05, 0.1) is 6.20 Å². The monoisotopic (exact) mass is 205 g/mol. The van der Waals surface area contributed by atoms with E-state index in [1.54, 1.807) is 6.07 Å². The zero-order valence-electron chi connectivity index (χ0n) is 7.53. The molecule has 76 valence electrons. The molecule has 0 unspecified atom stereocenters. The van der Waals surface area contributed by atoms with Gasteiger partial charge < -0.3 is 10.8 Å². The van der Waals surface area contributed by atoms with Crippen LogP contribution in [-0.4, -0.2) is 30.8 Å². The van der Waals surface area contributed by atoms with E-state index < -0.39 is 5.97 Å². The molecule has 0 fully saturated rings. The maximum absolute atomic E-state index is 10.7. The summed E-state index contributed by atoms with van der Waals surface area (Å²) >= 11 is 0. The van der Waals surface area contributed by atoms with Crippen LogP contribution in [0.3, 0.4) is 0 Å². The van der Waals surface area contributed by atoms with E-state index >= 15 is 0 Å². The van der Waals surface area contributed by atoms with Crippen molar-refractivity contribution in [3.05, 3.63) is 30.4 Å². The molecule has 15 heavy (non-hydrogen) atoms. The number of anilines is 1. The van der Waals surface area contributed by atoms with Gasteiger partial charge in [-0.15, -0.1) is 0 Å². The van der Waals surface area contributed by atoms with Crippen molar-refractivity contribution in [1.29, 1.82) is 0 Å². The van der Waals surface area contributed by atoms with Gasteiger partial charge in [0, 0.05) is 12.3 Å². The minimum absolute atomic E-state index is 0.0428. The lowest BCUT2D eigenvalue weighted by atomic mass is 10.3. The first kappa shape index (κ1) is 9.13. The van der Waals surface area contributed by atoms with Gasteiger partial charge >= 0.3 is 5.97 Å². The number of nitrogen functional groups attached to an aromatic ring is 1. The maximum Gasteiger partial charge on any atom is 0.341 e. The molecule has 2 heterocycles. The van der Waals surface area contributed by atoms with E-state index in [0.717, 1.165) is 0 Å². The Bertz CT molecular complexity index is 493. The Kier molecular flexibility index (Phi) is 2.05. The van der Waals surface area contributed by atoms with Crippen LogP contribution >= 0.6 is 0 Å². The molecule has 0 saturated heterocycles. The quantitative estimate of drug-likeness (QED) is 0.711. The van der Waals surface area contributed by atoms with E-state index in [-0.39, 0.29) is 11.4 Å². The van der Waals surface area contributed by atoms with Crippen molar-refractivity contribution in [2.45, 2.75) is 0 Å². The van der Waals surface area contributed by atoms with Gasteiger partial charge in [-0.2, -0.15) is 9.78 Å². The van der Waals surface area contributed by atoms with Crippen LogP contribution in [0.4, 0.5) is 5.82 Å². The van der Waals surface area contributed by atoms with Gasteiger partial charge in [0.25, 0.3) is 0 Å². The Morgan fingerprint density at radius 1 is 1.53 bits per heavy atom. The third kappa shape index (κ3) is 1.50. The third-order valence-electron chi connectivity index (χ3n) is 1.82. The molecule has 7 heteroatoms. The third-order valence-corrected chi connectivity index (χ3v) is 1.82. The molecule has 2 aromatic rings. The largest absolute Gasteiger partial charge is 0.477 e.